The molecule has 0 aliphatic heterocycles. The Balaban J connectivity index is 1.79. The second kappa shape index (κ2) is 6.75. The first-order valence-electron chi connectivity index (χ1n) is 7.13. The van der Waals surface area contributed by atoms with Crippen LogP contribution in [0.1, 0.15) is 30.9 Å². The third-order valence-electron chi connectivity index (χ3n) is 3.59. The van der Waals surface area contributed by atoms with E-state index in [-0.39, 0.29) is 12.0 Å². The first-order valence-corrected chi connectivity index (χ1v) is 7.13. The Morgan fingerprint density at radius 1 is 1.45 bits per heavy atom. The SMILES string of the molecule is COc1cc(CNC(=O)[C@@H](C)OCC2CC2)ccc1C. The van der Waals surface area contributed by atoms with Crippen LogP contribution in [0.25, 0.3) is 0 Å². The number of nitrogens with one attached hydrogen (secondary N) is 1. The van der Waals surface area contributed by atoms with Crippen molar-refractivity contribution in [3.8, 4) is 5.75 Å². The third-order valence-corrected chi connectivity index (χ3v) is 3.59. The molecular weight excluding hydrogens is 254 g/mol. The zero-order chi connectivity index (χ0) is 14.5. The van der Waals surface area contributed by atoms with E-state index in [1.165, 1.54) is 12.8 Å². The highest BCUT2D eigenvalue weighted by Gasteiger charge is 2.23. The highest BCUT2D eigenvalue weighted by Crippen LogP contribution is 2.29. The Morgan fingerprint density at radius 3 is 2.85 bits per heavy atom. The van der Waals surface area contributed by atoms with Crippen LogP contribution in [-0.2, 0) is 16.1 Å². The van der Waals surface area contributed by atoms with Gasteiger partial charge in [-0.1, -0.05) is 12.1 Å². The van der Waals surface area contributed by atoms with E-state index in [0.717, 1.165) is 16.9 Å². The van der Waals surface area contributed by atoms with Gasteiger partial charge in [0.1, 0.15) is 11.9 Å². The predicted octanol–water partition coefficient (Wildman–Crippen LogP) is 2.43. The number of rotatable bonds is 7. The highest BCUT2D eigenvalue weighted by atomic mass is 16.5. The second-order valence-electron chi connectivity index (χ2n) is 5.44. The molecule has 110 valence electrons. The molecule has 20 heavy (non-hydrogen) atoms. The second-order valence-corrected chi connectivity index (χ2v) is 5.44. The lowest BCUT2D eigenvalue weighted by atomic mass is 10.1. The summed E-state index contributed by atoms with van der Waals surface area (Å²) in [5, 5.41) is 2.89. The molecule has 4 nitrogen and oxygen atoms in total. The molecule has 1 fully saturated rings. The molecule has 1 N–H and O–H groups in total. The topological polar surface area (TPSA) is 47.6 Å². The van der Waals surface area contributed by atoms with Gasteiger partial charge < -0.3 is 14.8 Å². The van der Waals surface area contributed by atoms with Crippen LogP contribution in [-0.4, -0.2) is 25.7 Å². The van der Waals surface area contributed by atoms with Gasteiger partial charge in [0.15, 0.2) is 0 Å². The standard InChI is InChI=1S/C16H23NO3/c1-11-4-5-14(8-15(11)19-3)9-17-16(18)12(2)20-10-13-6-7-13/h4-5,8,12-13H,6-7,9-10H2,1-3H3,(H,17,18)/t12-/m1/s1. The van der Waals surface area contributed by atoms with Gasteiger partial charge in [0.05, 0.1) is 13.7 Å². The van der Waals surface area contributed by atoms with Crippen LogP contribution < -0.4 is 10.1 Å². The summed E-state index contributed by atoms with van der Waals surface area (Å²) in [5.74, 6) is 1.45. The van der Waals surface area contributed by atoms with Crippen molar-refractivity contribution in [2.45, 2.75) is 39.3 Å². The van der Waals surface area contributed by atoms with Gasteiger partial charge >= 0.3 is 0 Å². The Bertz CT molecular complexity index is 469. The maximum Gasteiger partial charge on any atom is 0.249 e. The van der Waals surface area contributed by atoms with Crippen molar-refractivity contribution in [1.29, 1.82) is 0 Å². The molecule has 1 aliphatic carbocycles. The van der Waals surface area contributed by atoms with Gasteiger partial charge in [-0.05, 0) is 49.8 Å². The fourth-order valence-electron chi connectivity index (χ4n) is 1.95. The van der Waals surface area contributed by atoms with Crippen LogP contribution in [0, 0.1) is 12.8 Å². The molecule has 0 aromatic heterocycles. The minimum absolute atomic E-state index is 0.0646. The number of amides is 1. The number of carbonyl (C=O) groups excluding carboxylic acids is 1. The maximum atomic E-state index is 11.9. The summed E-state index contributed by atoms with van der Waals surface area (Å²) >= 11 is 0. The molecule has 1 amide bonds. The normalized spacial score (nSPS) is 15.8. The molecule has 0 spiro atoms. The van der Waals surface area contributed by atoms with E-state index >= 15 is 0 Å². The molecule has 0 bridgehead atoms. The van der Waals surface area contributed by atoms with E-state index in [1.54, 1.807) is 14.0 Å². The average molecular weight is 277 g/mol. The molecule has 4 heteroatoms. The van der Waals surface area contributed by atoms with Gasteiger partial charge in [0.2, 0.25) is 5.91 Å². The van der Waals surface area contributed by atoms with Gasteiger partial charge in [-0.25, -0.2) is 0 Å². The summed E-state index contributed by atoms with van der Waals surface area (Å²) in [6.07, 6.45) is 2.08. The van der Waals surface area contributed by atoms with Crippen LogP contribution in [0.4, 0.5) is 0 Å². The number of aryl methyl sites for hydroxylation is 1. The van der Waals surface area contributed by atoms with Crippen LogP contribution in [0.2, 0.25) is 0 Å². The Morgan fingerprint density at radius 2 is 2.20 bits per heavy atom. The van der Waals surface area contributed by atoms with Gasteiger partial charge in [-0.2, -0.15) is 0 Å². The van der Waals surface area contributed by atoms with Crippen molar-refractivity contribution in [3.05, 3.63) is 29.3 Å². The number of benzene rings is 1. The summed E-state index contributed by atoms with van der Waals surface area (Å²) in [7, 11) is 1.65. The van der Waals surface area contributed by atoms with E-state index in [1.807, 2.05) is 25.1 Å². The summed E-state index contributed by atoms with van der Waals surface area (Å²) in [6, 6.07) is 5.94. The van der Waals surface area contributed by atoms with Crippen LogP contribution in [0.15, 0.2) is 18.2 Å². The molecule has 1 aromatic carbocycles. The lowest BCUT2D eigenvalue weighted by molar-refractivity contribution is -0.132. The first kappa shape index (κ1) is 14.9. The third kappa shape index (κ3) is 4.23. The fourth-order valence-corrected chi connectivity index (χ4v) is 1.95. The Kier molecular flexibility index (Phi) is 5.01. The van der Waals surface area contributed by atoms with Crippen molar-refractivity contribution < 1.29 is 14.3 Å². The molecule has 2 rings (SSSR count). The fraction of sp³-hybridized carbons (Fsp3) is 0.562. The number of hydrogen-bond acceptors (Lipinski definition) is 3. The molecule has 1 atom stereocenters. The quantitative estimate of drug-likeness (QED) is 0.832. The van der Waals surface area contributed by atoms with Crippen molar-refractivity contribution >= 4 is 5.91 Å². The smallest absolute Gasteiger partial charge is 0.249 e. The molecule has 1 aliphatic rings. The molecule has 1 saturated carbocycles. The van der Waals surface area contributed by atoms with Crippen molar-refractivity contribution in [2.24, 2.45) is 5.92 Å². The van der Waals surface area contributed by atoms with Crippen molar-refractivity contribution in [1.82, 2.24) is 5.32 Å². The highest BCUT2D eigenvalue weighted by molar-refractivity contribution is 5.80. The summed E-state index contributed by atoms with van der Waals surface area (Å²) in [6.45, 7) is 4.99. The summed E-state index contributed by atoms with van der Waals surface area (Å²) in [4.78, 5) is 11.9. The van der Waals surface area contributed by atoms with Gasteiger partial charge in [-0.15, -0.1) is 0 Å². The molecule has 0 saturated heterocycles. The molecular formula is C16H23NO3. The maximum absolute atomic E-state index is 11.9. The number of hydrogen-bond donors (Lipinski definition) is 1. The molecule has 1 aromatic rings. The summed E-state index contributed by atoms with van der Waals surface area (Å²) in [5.41, 5.74) is 2.11. The zero-order valence-electron chi connectivity index (χ0n) is 12.4. The number of ether oxygens (including phenoxy) is 2. The Labute approximate surface area is 120 Å². The van der Waals surface area contributed by atoms with Gasteiger partial charge in [-0.3, -0.25) is 4.79 Å². The van der Waals surface area contributed by atoms with E-state index in [2.05, 4.69) is 5.32 Å². The largest absolute Gasteiger partial charge is 0.496 e. The van der Waals surface area contributed by atoms with Crippen LogP contribution >= 0.6 is 0 Å². The average Bonchev–Trinajstić information content (AvgIpc) is 3.27. The number of carbonyl (C=O) groups is 1. The first-order chi connectivity index (χ1) is 9.60. The summed E-state index contributed by atoms with van der Waals surface area (Å²) < 4.78 is 10.8. The lowest BCUT2D eigenvalue weighted by Gasteiger charge is -2.14. The van der Waals surface area contributed by atoms with E-state index < -0.39 is 0 Å². The van der Waals surface area contributed by atoms with Gasteiger partial charge in [0, 0.05) is 6.54 Å². The lowest BCUT2D eigenvalue weighted by Crippen LogP contribution is -2.34. The number of methoxy groups -OCH3 is 1. The molecule has 0 heterocycles. The molecule has 0 radical (unpaired) electrons. The monoisotopic (exact) mass is 277 g/mol. The van der Waals surface area contributed by atoms with Crippen molar-refractivity contribution in [2.75, 3.05) is 13.7 Å². The molecule has 0 unspecified atom stereocenters. The van der Waals surface area contributed by atoms with Crippen LogP contribution in [0.3, 0.4) is 0 Å². The predicted molar refractivity (Wildman–Crippen MR) is 77.7 cm³/mol. The van der Waals surface area contributed by atoms with Gasteiger partial charge in [0.25, 0.3) is 0 Å². The van der Waals surface area contributed by atoms with Crippen molar-refractivity contribution in [3.63, 3.8) is 0 Å². The zero-order valence-corrected chi connectivity index (χ0v) is 12.4. The Hall–Kier alpha value is -1.55. The minimum Gasteiger partial charge on any atom is -0.496 e. The van der Waals surface area contributed by atoms with E-state index in [4.69, 9.17) is 9.47 Å². The van der Waals surface area contributed by atoms with E-state index in [0.29, 0.717) is 19.1 Å². The van der Waals surface area contributed by atoms with Crippen LogP contribution in [0.5, 0.6) is 5.75 Å². The minimum atomic E-state index is -0.386. The van der Waals surface area contributed by atoms with E-state index in [9.17, 15) is 4.79 Å².